The van der Waals surface area contributed by atoms with Gasteiger partial charge in [-0.2, -0.15) is 15.3 Å². The van der Waals surface area contributed by atoms with E-state index >= 15 is 0 Å². The first-order valence-corrected chi connectivity index (χ1v) is 8.15. The molecule has 0 fully saturated rings. The van der Waals surface area contributed by atoms with Crippen molar-refractivity contribution in [3.63, 3.8) is 0 Å². The number of nitrogen functional groups attached to an aromatic ring is 1. The van der Waals surface area contributed by atoms with Crippen LogP contribution in [0, 0.1) is 21.4 Å². The van der Waals surface area contributed by atoms with E-state index in [1.54, 1.807) is 41.2 Å². The number of nitrogens with zero attached hydrogens (tertiary/aromatic N) is 7. The zero-order valence-corrected chi connectivity index (χ0v) is 14.4. The van der Waals surface area contributed by atoms with E-state index < -0.39 is 4.92 Å². The van der Waals surface area contributed by atoms with Gasteiger partial charge in [-0.15, -0.1) is 0 Å². The highest BCUT2D eigenvalue weighted by Crippen LogP contribution is 2.26. The maximum Gasteiger partial charge on any atom is 0.269 e. The number of non-ortho nitro benzene ring substituents is 1. The summed E-state index contributed by atoms with van der Waals surface area (Å²) in [5.41, 5.74) is 8.46. The summed E-state index contributed by atoms with van der Waals surface area (Å²) in [6.07, 6.45) is 1.61. The Morgan fingerprint density at radius 2 is 1.93 bits per heavy atom. The predicted molar refractivity (Wildman–Crippen MR) is 99.9 cm³/mol. The van der Waals surface area contributed by atoms with E-state index in [-0.39, 0.29) is 17.3 Å². The lowest BCUT2D eigenvalue weighted by atomic mass is 10.2. The van der Waals surface area contributed by atoms with E-state index in [2.05, 4.69) is 20.1 Å². The van der Waals surface area contributed by atoms with Crippen LogP contribution in [0.1, 0.15) is 11.3 Å². The van der Waals surface area contributed by atoms with Crippen molar-refractivity contribution in [2.24, 2.45) is 0 Å². The number of nitrogens with two attached hydrogens (primary N) is 1. The fourth-order valence-electron chi connectivity index (χ4n) is 2.81. The van der Waals surface area contributed by atoms with Crippen LogP contribution in [0.25, 0.3) is 22.4 Å². The average Bonchev–Trinajstić information content (AvgIpc) is 3.10. The molecule has 2 N–H and O–H groups in total. The van der Waals surface area contributed by atoms with Gasteiger partial charge in [0.25, 0.3) is 5.69 Å². The highest BCUT2D eigenvalue weighted by atomic mass is 16.6. The van der Waals surface area contributed by atoms with Crippen molar-refractivity contribution in [3.8, 4) is 17.5 Å². The van der Waals surface area contributed by atoms with E-state index in [0.717, 1.165) is 5.56 Å². The Balaban J connectivity index is 1.77. The minimum atomic E-state index is -0.449. The van der Waals surface area contributed by atoms with Gasteiger partial charge in [0.2, 0.25) is 5.95 Å². The first kappa shape index (κ1) is 17.0. The van der Waals surface area contributed by atoms with Crippen LogP contribution in [0.4, 0.5) is 11.6 Å². The summed E-state index contributed by atoms with van der Waals surface area (Å²) in [6, 6.07) is 13.2. The fraction of sp³-hybridized carbons (Fsp3) is 0.0556. The highest BCUT2D eigenvalue weighted by molar-refractivity contribution is 5.90. The van der Waals surface area contributed by atoms with Crippen molar-refractivity contribution in [1.82, 2.24) is 24.7 Å². The van der Waals surface area contributed by atoms with E-state index in [1.807, 2.05) is 6.07 Å². The first-order chi connectivity index (χ1) is 13.5. The molecular formula is C18H12N8O2. The zero-order valence-electron chi connectivity index (χ0n) is 14.4. The monoisotopic (exact) mass is 372 g/mol. The van der Waals surface area contributed by atoms with E-state index in [0.29, 0.717) is 29.0 Å². The summed E-state index contributed by atoms with van der Waals surface area (Å²) in [7, 11) is 0. The quantitative estimate of drug-likeness (QED) is 0.423. The summed E-state index contributed by atoms with van der Waals surface area (Å²) < 4.78 is 1.63. The number of rotatable bonds is 4. The Morgan fingerprint density at radius 3 is 2.64 bits per heavy atom. The van der Waals surface area contributed by atoms with E-state index in [4.69, 9.17) is 11.0 Å². The number of hydrogen-bond acceptors (Lipinski definition) is 8. The van der Waals surface area contributed by atoms with Gasteiger partial charge in [-0.3, -0.25) is 10.1 Å². The molecular weight excluding hydrogens is 360 g/mol. The number of benzene rings is 1. The lowest BCUT2D eigenvalue weighted by Crippen LogP contribution is -2.05. The molecule has 3 heterocycles. The topological polar surface area (TPSA) is 149 Å². The molecule has 0 aliphatic carbocycles. The molecule has 0 aliphatic heterocycles. The summed E-state index contributed by atoms with van der Waals surface area (Å²) in [4.78, 5) is 23.1. The predicted octanol–water partition coefficient (Wildman–Crippen LogP) is 2.30. The molecule has 10 nitrogen and oxygen atoms in total. The smallest absolute Gasteiger partial charge is 0.269 e. The molecule has 28 heavy (non-hydrogen) atoms. The molecule has 0 bridgehead atoms. The lowest BCUT2D eigenvalue weighted by molar-refractivity contribution is -0.384. The Labute approximate surface area is 158 Å². The standard InChI is InChI=1S/C18H12N8O2/c19-8-12-2-1-3-15(22-12)16-14-9-21-25(17(14)24-18(20)23-16)10-11-4-6-13(7-5-11)26(27)28/h1-7,9H,10H2,(H2,20,23,24). The summed E-state index contributed by atoms with van der Waals surface area (Å²) in [5.74, 6) is 0.0529. The van der Waals surface area contributed by atoms with E-state index in [9.17, 15) is 10.1 Å². The second-order valence-corrected chi connectivity index (χ2v) is 5.91. The van der Waals surface area contributed by atoms with Crippen molar-refractivity contribution in [3.05, 3.63) is 70.0 Å². The van der Waals surface area contributed by atoms with Gasteiger partial charge in [0, 0.05) is 12.1 Å². The number of hydrogen-bond donors (Lipinski definition) is 1. The number of fused-ring (bicyclic) bond motifs is 1. The first-order valence-electron chi connectivity index (χ1n) is 8.15. The third kappa shape index (κ3) is 3.08. The third-order valence-electron chi connectivity index (χ3n) is 4.10. The van der Waals surface area contributed by atoms with E-state index in [1.165, 1.54) is 12.1 Å². The van der Waals surface area contributed by atoms with Crippen LogP contribution in [0.3, 0.4) is 0 Å². The zero-order chi connectivity index (χ0) is 19.7. The minimum Gasteiger partial charge on any atom is -0.368 e. The largest absolute Gasteiger partial charge is 0.368 e. The molecule has 0 radical (unpaired) electrons. The maximum absolute atomic E-state index is 10.8. The summed E-state index contributed by atoms with van der Waals surface area (Å²) >= 11 is 0. The number of nitriles is 1. The van der Waals surface area contributed by atoms with Crippen LogP contribution in [-0.2, 0) is 6.54 Å². The second-order valence-electron chi connectivity index (χ2n) is 5.91. The van der Waals surface area contributed by atoms with Gasteiger partial charge in [0.05, 0.1) is 28.7 Å². The lowest BCUT2D eigenvalue weighted by Gasteiger charge is -2.06. The normalized spacial score (nSPS) is 10.7. The van der Waals surface area contributed by atoms with Gasteiger partial charge in [-0.25, -0.2) is 14.6 Å². The van der Waals surface area contributed by atoms with Gasteiger partial charge >= 0.3 is 0 Å². The molecule has 0 saturated carbocycles. The Morgan fingerprint density at radius 1 is 1.14 bits per heavy atom. The Kier molecular flexibility index (Phi) is 4.10. The fourth-order valence-corrected chi connectivity index (χ4v) is 2.81. The van der Waals surface area contributed by atoms with Gasteiger partial charge in [0.15, 0.2) is 5.65 Å². The molecule has 4 aromatic rings. The van der Waals surface area contributed by atoms with Gasteiger partial charge in [0.1, 0.15) is 17.5 Å². The molecule has 1 aromatic carbocycles. The number of aromatic nitrogens is 5. The van der Waals surface area contributed by atoms with Crippen LogP contribution in [0.15, 0.2) is 48.7 Å². The molecule has 0 atom stereocenters. The molecule has 136 valence electrons. The number of nitro groups is 1. The molecule has 0 saturated heterocycles. The van der Waals surface area contributed by atoms with Crippen molar-refractivity contribution in [2.45, 2.75) is 6.54 Å². The summed E-state index contributed by atoms with van der Waals surface area (Å²) in [6.45, 7) is 0.350. The molecule has 10 heteroatoms. The molecule has 0 amide bonds. The Hall–Kier alpha value is -4.39. The Bertz CT molecular complexity index is 1240. The average molecular weight is 372 g/mol. The number of nitro benzene ring substituents is 1. The summed E-state index contributed by atoms with van der Waals surface area (Å²) in [5, 5.41) is 24.8. The van der Waals surface area contributed by atoms with Crippen molar-refractivity contribution < 1.29 is 4.92 Å². The SMILES string of the molecule is N#Cc1cccc(-c2nc(N)nc3c2cnn3Cc2ccc([N+](=O)[O-])cc2)n1. The number of anilines is 1. The molecule has 3 aromatic heterocycles. The third-order valence-corrected chi connectivity index (χ3v) is 4.10. The molecule has 4 rings (SSSR count). The molecule has 0 aliphatic rings. The van der Waals surface area contributed by atoms with Crippen LogP contribution in [0.5, 0.6) is 0 Å². The van der Waals surface area contributed by atoms with Crippen molar-refractivity contribution in [1.29, 1.82) is 5.26 Å². The van der Waals surface area contributed by atoms with Crippen molar-refractivity contribution >= 4 is 22.7 Å². The highest BCUT2D eigenvalue weighted by Gasteiger charge is 2.15. The van der Waals surface area contributed by atoms with Crippen LogP contribution < -0.4 is 5.73 Å². The van der Waals surface area contributed by atoms with Gasteiger partial charge in [-0.1, -0.05) is 18.2 Å². The van der Waals surface area contributed by atoms with Gasteiger partial charge < -0.3 is 5.73 Å². The second kappa shape index (κ2) is 6.73. The van der Waals surface area contributed by atoms with Crippen LogP contribution >= 0.6 is 0 Å². The van der Waals surface area contributed by atoms with Crippen LogP contribution in [-0.4, -0.2) is 29.7 Å². The minimum absolute atomic E-state index is 0.0198. The van der Waals surface area contributed by atoms with Crippen molar-refractivity contribution in [2.75, 3.05) is 5.73 Å². The number of pyridine rings is 1. The molecule has 0 spiro atoms. The van der Waals surface area contributed by atoms with Crippen LogP contribution in [0.2, 0.25) is 0 Å². The maximum atomic E-state index is 10.8. The van der Waals surface area contributed by atoms with Gasteiger partial charge in [-0.05, 0) is 17.7 Å². The molecule has 0 unspecified atom stereocenters.